The minimum atomic E-state index is -0.604. The van der Waals surface area contributed by atoms with Gasteiger partial charge in [-0.1, -0.05) is 43.7 Å². The maximum atomic E-state index is 12.7. The summed E-state index contributed by atoms with van der Waals surface area (Å²) in [4.78, 5) is 40.0. The van der Waals surface area contributed by atoms with Crippen LogP contribution in [-0.4, -0.2) is 46.8 Å². The number of hydrogen-bond acceptors (Lipinski definition) is 7. The number of rotatable bonds is 8. The predicted octanol–water partition coefficient (Wildman–Crippen LogP) is 7.19. The first-order valence-electron chi connectivity index (χ1n) is 13.6. The predicted molar refractivity (Wildman–Crippen MR) is 164 cm³/mol. The van der Waals surface area contributed by atoms with Gasteiger partial charge < -0.3 is 10.1 Å². The number of carbonyl (C=O) groups is 2. The van der Waals surface area contributed by atoms with Crippen molar-refractivity contribution in [2.75, 3.05) is 14.2 Å². The molecule has 0 aliphatic carbocycles. The molecule has 0 fully saturated rings. The molecule has 9 heteroatoms. The number of nitrogens with zero attached hydrogens (tertiary/aromatic N) is 3. The Morgan fingerprint density at radius 1 is 1.05 bits per heavy atom. The fourth-order valence-electron chi connectivity index (χ4n) is 4.51. The highest BCUT2D eigenvalue weighted by Crippen LogP contribution is 2.37. The van der Waals surface area contributed by atoms with Crippen molar-refractivity contribution in [2.24, 2.45) is 5.92 Å². The molecule has 0 saturated carbocycles. The molecular weight excluding hydrogens is 536 g/mol. The van der Waals surface area contributed by atoms with Crippen LogP contribution in [0.3, 0.4) is 0 Å². The van der Waals surface area contributed by atoms with Gasteiger partial charge in [0, 0.05) is 41.2 Å². The second-order valence-corrected chi connectivity index (χ2v) is 12.3. The van der Waals surface area contributed by atoms with Gasteiger partial charge in [0.15, 0.2) is 0 Å². The Morgan fingerprint density at radius 3 is 2.37 bits per heavy atom. The van der Waals surface area contributed by atoms with E-state index in [-0.39, 0.29) is 12.5 Å². The number of alkyl carbamates (subject to hydrolysis) is 1. The Kier molecular flexibility index (Phi) is 9.09. The molecule has 0 bridgehead atoms. The number of nitrogens with one attached hydrogen (secondary N) is 1. The van der Waals surface area contributed by atoms with Crippen LogP contribution in [0, 0.1) is 12.8 Å². The zero-order chi connectivity index (χ0) is 29.9. The van der Waals surface area contributed by atoms with Crippen molar-refractivity contribution in [3.8, 4) is 21.7 Å². The fourth-order valence-corrected chi connectivity index (χ4v) is 5.30. The number of aromatic nitrogens is 2. The number of hydroxylamine groups is 2. The minimum Gasteiger partial charge on any atom is -0.444 e. The first-order valence-corrected chi connectivity index (χ1v) is 14.5. The molecule has 216 valence electrons. The van der Waals surface area contributed by atoms with Crippen molar-refractivity contribution in [2.45, 2.75) is 60.1 Å². The van der Waals surface area contributed by atoms with Gasteiger partial charge in [-0.3, -0.25) is 14.6 Å². The van der Waals surface area contributed by atoms with Gasteiger partial charge in [-0.15, -0.1) is 11.3 Å². The molecule has 0 spiro atoms. The van der Waals surface area contributed by atoms with Crippen LogP contribution in [0.25, 0.3) is 32.6 Å². The summed E-state index contributed by atoms with van der Waals surface area (Å²) in [5.41, 5.74) is 6.54. The molecule has 0 aliphatic heterocycles. The molecule has 0 aliphatic rings. The largest absolute Gasteiger partial charge is 0.444 e. The molecule has 0 atom stereocenters. The molecular formula is C32H38N4O4S. The SMILES string of the molecule is CON(C)C(=O)c1csc(-c2ccc3nc(CC(C)C)c(CNC(=O)OC(C)(C)C)c(-c4ccc(C)cc4)c3c2)n1. The number of carbonyl (C=O) groups excluding carboxylic acids is 2. The maximum absolute atomic E-state index is 12.7. The highest BCUT2D eigenvalue weighted by Gasteiger charge is 2.22. The quantitative estimate of drug-likeness (QED) is 0.224. The summed E-state index contributed by atoms with van der Waals surface area (Å²) in [6.07, 6.45) is 0.282. The van der Waals surface area contributed by atoms with Gasteiger partial charge in [0.2, 0.25) is 0 Å². The number of ether oxygens (including phenoxy) is 1. The molecule has 0 unspecified atom stereocenters. The lowest BCUT2D eigenvalue weighted by Gasteiger charge is -2.22. The van der Waals surface area contributed by atoms with Crippen LogP contribution in [0.15, 0.2) is 47.8 Å². The monoisotopic (exact) mass is 574 g/mol. The molecule has 2 aromatic carbocycles. The Morgan fingerprint density at radius 2 is 1.73 bits per heavy atom. The minimum absolute atomic E-state index is 0.270. The Balaban J connectivity index is 1.89. The Bertz CT molecular complexity index is 1550. The van der Waals surface area contributed by atoms with E-state index in [0.717, 1.165) is 55.9 Å². The first-order chi connectivity index (χ1) is 19.4. The van der Waals surface area contributed by atoms with E-state index in [1.165, 1.54) is 18.4 Å². The average Bonchev–Trinajstić information content (AvgIpc) is 3.40. The molecule has 2 aromatic heterocycles. The van der Waals surface area contributed by atoms with Gasteiger partial charge in [-0.2, -0.15) is 0 Å². The second kappa shape index (κ2) is 12.4. The lowest BCUT2D eigenvalue weighted by molar-refractivity contribution is -0.0760. The van der Waals surface area contributed by atoms with Crippen molar-refractivity contribution < 1.29 is 19.2 Å². The number of aryl methyl sites for hydroxylation is 1. The van der Waals surface area contributed by atoms with Crippen LogP contribution in [0.4, 0.5) is 4.79 Å². The van der Waals surface area contributed by atoms with Gasteiger partial charge in [-0.05, 0) is 69.4 Å². The standard InChI is InChI=1S/C32H38N4O4S/c1-19(2)15-26-24(17-33-31(38)40-32(4,5)6)28(21-11-9-20(3)10-12-21)23-16-22(13-14-25(23)34-26)29-35-27(18-41-29)30(37)36(7)39-8/h9-14,16,18-19H,15,17H2,1-8H3,(H,33,38). The van der Waals surface area contributed by atoms with Crippen LogP contribution < -0.4 is 5.32 Å². The third-order valence-corrected chi connectivity index (χ3v) is 7.34. The van der Waals surface area contributed by atoms with Crippen molar-refractivity contribution >= 4 is 34.2 Å². The number of benzene rings is 2. The zero-order valence-electron chi connectivity index (χ0n) is 25.0. The molecule has 4 rings (SSSR count). The summed E-state index contributed by atoms with van der Waals surface area (Å²) in [7, 11) is 3.00. The second-order valence-electron chi connectivity index (χ2n) is 11.5. The van der Waals surface area contributed by atoms with E-state index >= 15 is 0 Å². The van der Waals surface area contributed by atoms with E-state index in [0.29, 0.717) is 16.6 Å². The van der Waals surface area contributed by atoms with Crippen molar-refractivity contribution in [3.05, 3.63) is 70.4 Å². The Labute approximate surface area is 245 Å². The van der Waals surface area contributed by atoms with E-state index in [1.54, 1.807) is 12.4 Å². The number of amides is 2. The number of pyridine rings is 1. The number of thiazole rings is 1. The van der Waals surface area contributed by atoms with Crippen LogP contribution in [0.2, 0.25) is 0 Å². The summed E-state index contributed by atoms with van der Waals surface area (Å²) in [5.74, 6) is 0.0495. The molecule has 2 amide bonds. The molecule has 0 radical (unpaired) electrons. The third kappa shape index (κ3) is 7.28. The molecule has 0 saturated heterocycles. The summed E-state index contributed by atoms with van der Waals surface area (Å²) in [6, 6.07) is 14.4. The van der Waals surface area contributed by atoms with Crippen molar-refractivity contribution in [3.63, 3.8) is 0 Å². The lowest BCUT2D eigenvalue weighted by atomic mass is 9.90. The number of fused-ring (bicyclic) bond motifs is 1. The summed E-state index contributed by atoms with van der Waals surface area (Å²) < 4.78 is 5.54. The molecule has 2 heterocycles. The third-order valence-electron chi connectivity index (χ3n) is 6.45. The zero-order valence-corrected chi connectivity index (χ0v) is 25.8. The highest BCUT2D eigenvalue weighted by molar-refractivity contribution is 7.13. The smallest absolute Gasteiger partial charge is 0.407 e. The van der Waals surface area contributed by atoms with Gasteiger partial charge in [-0.25, -0.2) is 14.8 Å². The van der Waals surface area contributed by atoms with Crippen molar-refractivity contribution in [1.82, 2.24) is 20.3 Å². The van der Waals surface area contributed by atoms with Crippen LogP contribution in [0.5, 0.6) is 0 Å². The summed E-state index contributed by atoms with van der Waals surface area (Å²) in [5, 5.41) is 7.51. The normalized spacial score (nSPS) is 11.6. The number of hydrogen-bond donors (Lipinski definition) is 1. The maximum Gasteiger partial charge on any atom is 0.407 e. The van der Waals surface area contributed by atoms with Gasteiger partial charge in [0.1, 0.15) is 16.3 Å². The van der Waals surface area contributed by atoms with Gasteiger partial charge in [0.05, 0.1) is 12.6 Å². The summed E-state index contributed by atoms with van der Waals surface area (Å²) in [6.45, 7) is 12.2. The molecule has 41 heavy (non-hydrogen) atoms. The van der Waals surface area contributed by atoms with Crippen LogP contribution in [0.1, 0.15) is 61.9 Å². The topological polar surface area (TPSA) is 93.7 Å². The van der Waals surface area contributed by atoms with E-state index in [1.807, 2.05) is 32.9 Å². The molecule has 8 nitrogen and oxygen atoms in total. The Hall–Kier alpha value is -3.82. The average molecular weight is 575 g/mol. The van der Waals surface area contributed by atoms with Crippen molar-refractivity contribution in [1.29, 1.82) is 0 Å². The highest BCUT2D eigenvalue weighted by atomic mass is 32.1. The van der Waals surface area contributed by atoms with Crippen LogP contribution in [-0.2, 0) is 22.5 Å². The van der Waals surface area contributed by atoms with E-state index in [2.05, 4.69) is 61.4 Å². The molecule has 1 N–H and O–H groups in total. The molecule has 4 aromatic rings. The van der Waals surface area contributed by atoms with Gasteiger partial charge >= 0.3 is 6.09 Å². The van der Waals surface area contributed by atoms with E-state index in [4.69, 9.17) is 14.6 Å². The van der Waals surface area contributed by atoms with Crippen LogP contribution >= 0.6 is 11.3 Å². The van der Waals surface area contributed by atoms with E-state index in [9.17, 15) is 9.59 Å². The summed E-state index contributed by atoms with van der Waals surface area (Å²) >= 11 is 1.40. The van der Waals surface area contributed by atoms with E-state index < -0.39 is 11.7 Å². The van der Waals surface area contributed by atoms with Gasteiger partial charge in [0.25, 0.3) is 5.91 Å². The lowest BCUT2D eigenvalue weighted by Crippen LogP contribution is -2.32. The first kappa shape index (κ1) is 30.1. The fraction of sp³-hybridized carbons (Fsp3) is 0.375.